The number of ether oxygens (including phenoxy) is 1. The number of nitrogens with one attached hydrogen (secondary N) is 1. The van der Waals surface area contributed by atoms with E-state index >= 15 is 0 Å². The van der Waals surface area contributed by atoms with Crippen molar-refractivity contribution in [3.05, 3.63) is 102 Å². The summed E-state index contributed by atoms with van der Waals surface area (Å²) in [7, 11) is 1.59. The lowest BCUT2D eigenvalue weighted by Crippen LogP contribution is -2.38. The number of hydrogen-bond donors (Lipinski definition) is 1. The second-order valence-corrected chi connectivity index (χ2v) is 8.80. The number of imidazole rings is 1. The van der Waals surface area contributed by atoms with Gasteiger partial charge >= 0.3 is 0 Å². The third kappa shape index (κ3) is 4.89. The van der Waals surface area contributed by atoms with Gasteiger partial charge in [-0.25, -0.2) is 4.98 Å². The molecule has 2 aromatic carbocycles. The fourth-order valence-electron chi connectivity index (χ4n) is 4.66. The number of pyridine rings is 1. The predicted molar refractivity (Wildman–Crippen MR) is 134 cm³/mol. The number of benzene rings is 2. The first-order valence-corrected chi connectivity index (χ1v) is 11.8. The van der Waals surface area contributed by atoms with E-state index in [4.69, 9.17) is 4.74 Å². The van der Waals surface area contributed by atoms with Gasteiger partial charge in [0.2, 0.25) is 0 Å². The monoisotopic (exact) mass is 468 g/mol. The van der Waals surface area contributed by atoms with Gasteiger partial charge in [-0.1, -0.05) is 24.3 Å². The number of piperidine rings is 1. The molecule has 35 heavy (non-hydrogen) atoms. The molecule has 0 atom stereocenters. The van der Waals surface area contributed by atoms with Gasteiger partial charge in [0, 0.05) is 43.8 Å². The molecule has 2 amide bonds. The maximum absolute atomic E-state index is 13.0. The van der Waals surface area contributed by atoms with Crippen LogP contribution in [0.4, 0.5) is 0 Å². The van der Waals surface area contributed by atoms with E-state index in [0.717, 1.165) is 24.1 Å². The van der Waals surface area contributed by atoms with Gasteiger partial charge in [0.1, 0.15) is 11.4 Å². The van der Waals surface area contributed by atoms with E-state index in [1.807, 2.05) is 82.4 Å². The molecular formula is C28H28N4O3. The number of rotatable bonds is 6. The van der Waals surface area contributed by atoms with Crippen LogP contribution in [0.2, 0.25) is 0 Å². The summed E-state index contributed by atoms with van der Waals surface area (Å²) in [5.74, 6) is 0.891. The van der Waals surface area contributed by atoms with Crippen molar-refractivity contribution in [3.8, 4) is 5.75 Å². The maximum atomic E-state index is 13.0. The molecule has 1 saturated heterocycles. The minimum atomic E-state index is -0.100. The van der Waals surface area contributed by atoms with E-state index in [0.29, 0.717) is 42.4 Å². The summed E-state index contributed by atoms with van der Waals surface area (Å²) in [6.07, 6.45) is 7.36. The molecule has 7 heteroatoms. The number of carbonyl (C=O) groups excluding carboxylic acids is 2. The molecule has 1 fully saturated rings. The zero-order valence-electron chi connectivity index (χ0n) is 19.7. The van der Waals surface area contributed by atoms with Crippen LogP contribution in [0.15, 0.2) is 79.3 Å². The molecule has 1 aliphatic heterocycles. The first-order valence-electron chi connectivity index (χ1n) is 11.8. The van der Waals surface area contributed by atoms with Crippen molar-refractivity contribution in [2.24, 2.45) is 0 Å². The zero-order chi connectivity index (χ0) is 24.2. The Labute approximate surface area is 204 Å². The standard InChI is InChI=1S/C28H28N4O3/c1-35-25-5-3-2-4-24(25)28(34)32-15-11-22(12-16-32)21-6-8-23(9-7-21)27(33)30-19-20-10-14-31-17-13-29-26(31)18-20/h2-10,13-14,17-18,22H,11-12,15-16,19H2,1H3,(H,30,33). The Morgan fingerprint density at radius 2 is 1.80 bits per heavy atom. The van der Waals surface area contributed by atoms with Gasteiger partial charge in [-0.3, -0.25) is 9.59 Å². The molecule has 2 aromatic heterocycles. The van der Waals surface area contributed by atoms with Crippen molar-refractivity contribution in [1.29, 1.82) is 0 Å². The quantitative estimate of drug-likeness (QED) is 0.458. The van der Waals surface area contributed by atoms with Gasteiger partial charge in [0.15, 0.2) is 0 Å². The van der Waals surface area contributed by atoms with Gasteiger partial charge in [0.25, 0.3) is 11.8 Å². The fraction of sp³-hybridized carbons (Fsp3) is 0.250. The van der Waals surface area contributed by atoms with Crippen LogP contribution in [0, 0.1) is 0 Å². The summed E-state index contributed by atoms with van der Waals surface area (Å²) in [6, 6.07) is 19.1. The number of para-hydroxylation sites is 1. The predicted octanol–water partition coefficient (Wildman–Crippen LogP) is 4.29. The summed E-state index contributed by atoms with van der Waals surface area (Å²) < 4.78 is 7.28. The topological polar surface area (TPSA) is 75.9 Å². The van der Waals surface area contributed by atoms with Crippen LogP contribution in [0.3, 0.4) is 0 Å². The van der Waals surface area contributed by atoms with Crippen molar-refractivity contribution in [2.45, 2.75) is 25.3 Å². The minimum Gasteiger partial charge on any atom is -0.496 e. The summed E-state index contributed by atoms with van der Waals surface area (Å²) in [5.41, 5.74) is 4.31. The van der Waals surface area contributed by atoms with Crippen molar-refractivity contribution < 1.29 is 14.3 Å². The third-order valence-electron chi connectivity index (χ3n) is 6.68. The van der Waals surface area contributed by atoms with E-state index in [-0.39, 0.29) is 11.8 Å². The number of hydrogen-bond acceptors (Lipinski definition) is 4. The molecule has 0 unspecified atom stereocenters. The van der Waals surface area contributed by atoms with Crippen LogP contribution in [0.25, 0.3) is 5.65 Å². The Balaban J connectivity index is 1.15. The van der Waals surface area contributed by atoms with Crippen LogP contribution in [0.1, 0.15) is 50.6 Å². The van der Waals surface area contributed by atoms with Crippen molar-refractivity contribution >= 4 is 17.5 Å². The molecule has 0 bridgehead atoms. The van der Waals surface area contributed by atoms with Crippen LogP contribution in [0.5, 0.6) is 5.75 Å². The highest BCUT2D eigenvalue weighted by Crippen LogP contribution is 2.30. The number of nitrogens with zero attached hydrogens (tertiary/aromatic N) is 3. The molecule has 1 N–H and O–H groups in total. The number of amides is 2. The van der Waals surface area contributed by atoms with Crippen LogP contribution < -0.4 is 10.1 Å². The van der Waals surface area contributed by atoms with E-state index in [9.17, 15) is 9.59 Å². The lowest BCUT2D eigenvalue weighted by Gasteiger charge is -2.32. The van der Waals surface area contributed by atoms with Crippen molar-refractivity contribution in [1.82, 2.24) is 19.6 Å². The number of likely N-dealkylation sites (tertiary alicyclic amines) is 1. The Morgan fingerprint density at radius 3 is 2.57 bits per heavy atom. The Kier molecular flexibility index (Phi) is 6.48. The average molecular weight is 469 g/mol. The maximum Gasteiger partial charge on any atom is 0.257 e. The van der Waals surface area contributed by atoms with E-state index in [2.05, 4.69) is 10.3 Å². The Hall–Kier alpha value is -4.13. The second-order valence-electron chi connectivity index (χ2n) is 8.80. The van der Waals surface area contributed by atoms with Crippen LogP contribution >= 0.6 is 0 Å². The molecule has 5 rings (SSSR count). The van der Waals surface area contributed by atoms with Crippen LogP contribution in [-0.4, -0.2) is 46.3 Å². The number of aromatic nitrogens is 2. The minimum absolute atomic E-state index is 0.0137. The SMILES string of the molecule is COc1ccccc1C(=O)N1CCC(c2ccc(C(=O)NCc3ccn4ccnc4c3)cc2)CC1. The summed E-state index contributed by atoms with van der Waals surface area (Å²) in [4.78, 5) is 31.8. The largest absolute Gasteiger partial charge is 0.496 e. The highest BCUT2D eigenvalue weighted by atomic mass is 16.5. The molecule has 1 aliphatic rings. The van der Waals surface area contributed by atoms with Gasteiger partial charge in [-0.05, 0) is 66.3 Å². The molecule has 0 radical (unpaired) electrons. The molecule has 178 valence electrons. The zero-order valence-corrected chi connectivity index (χ0v) is 19.7. The highest BCUT2D eigenvalue weighted by Gasteiger charge is 2.26. The first kappa shape index (κ1) is 22.7. The van der Waals surface area contributed by atoms with Crippen molar-refractivity contribution in [3.63, 3.8) is 0 Å². The van der Waals surface area contributed by atoms with Gasteiger partial charge in [-0.2, -0.15) is 0 Å². The molecule has 4 aromatic rings. The molecule has 0 saturated carbocycles. The Morgan fingerprint density at radius 1 is 1.03 bits per heavy atom. The molecule has 3 heterocycles. The molecule has 7 nitrogen and oxygen atoms in total. The fourth-order valence-corrected chi connectivity index (χ4v) is 4.66. The van der Waals surface area contributed by atoms with Gasteiger partial charge in [0.05, 0.1) is 12.7 Å². The molecular weight excluding hydrogens is 440 g/mol. The lowest BCUT2D eigenvalue weighted by molar-refractivity contribution is 0.0709. The smallest absolute Gasteiger partial charge is 0.257 e. The summed E-state index contributed by atoms with van der Waals surface area (Å²) in [6.45, 7) is 1.85. The molecule has 0 spiro atoms. The third-order valence-corrected chi connectivity index (χ3v) is 6.68. The van der Waals surface area contributed by atoms with E-state index in [1.54, 1.807) is 13.3 Å². The van der Waals surface area contributed by atoms with Gasteiger partial charge in [-0.15, -0.1) is 0 Å². The lowest BCUT2D eigenvalue weighted by atomic mass is 9.88. The van der Waals surface area contributed by atoms with E-state index < -0.39 is 0 Å². The van der Waals surface area contributed by atoms with E-state index in [1.165, 1.54) is 5.56 Å². The molecule has 0 aliphatic carbocycles. The number of carbonyl (C=O) groups is 2. The van der Waals surface area contributed by atoms with Crippen molar-refractivity contribution in [2.75, 3.05) is 20.2 Å². The number of fused-ring (bicyclic) bond motifs is 1. The van der Waals surface area contributed by atoms with Crippen LogP contribution in [-0.2, 0) is 6.54 Å². The summed E-state index contributed by atoms with van der Waals surface area (Å²) >= 11 is 0. The number of methoxy groups -OCH3 is 1. The second kappa shape index (κ2) is 10.0. The van der Waals surface area contributed by atoms with Gasteiger partial charge < -0.3 is 19.4 Å². The first-order chi connectivity index (χ1) is 17.1. The Bertz CT molecular complexity index is 1340. The summed E-state index contributed by atoms with van der Waals surface area (Å²) in [5, 5.41) is 2.98. The normalized spacial score (nSPS) is 14.1. The average Bonchev–Trinajstić information content (AvgIpc) is 3.39. The highest BCUT2D eigenvalue weighted by molar-refractivity contribution is 5.97.